The second kappa shape index (κ2) is 7.17. The molecule has 1 saturated heterocycles. The van der Waals surface area contributed by atoms with E-state index in [1.54, 1.807) is 6.20 Å². The highest BCUT2D eigenvalue weighted by molar-refractivity contribution is 5.79. The highest BCUT2D eigenvalue weighted by atomic mass is 16.1. The smallest absolute Gasteiger partial charge is 0.225 e. The number of carbonyl (C=O) groups excluding carboxylic acids is 1. The lowest BCUT2D eigenvalue weighted by Gasteiger charge is -2.32. The van der Waals surface area contributed by atoms with Gasteiger partial charge in [-0.1, -0.05) is 6.07 Å². The summed E-state index contributed by atoms with van der Waals surface area (Å²) in [5, 5.41) is 11.3. The molecule has 1 amide bonds. The van der Waals surface area contributed by atoms with Crippen LogP contribution in [-0.2, 0) is 11.3 Å². The van der Waals surface area contributed by atoms with E-state index in [0.717, 1.165) is 36.6 Å². The van der Waals surface area contributed by atoms with E-state index in [1.807, 2.05) is 37.3 Å². The van der Waals surface area contributed by atoms with Crippen LogP contribution in [0.1, 0.15) is 24.2 Å². The standard InChI is InChI=1S/C17H21N5O/c1-13-7-8-16(21-20-13)22-10-4-5-14(12-22)17(23)19-11-15-6-2-3-9-18-15/h2-3,6-9,14H,4-5,10-12H2,1H3,(H,19,23). The van der Waals surface area contributed by atoms with Gasteiger partial charge in [0.2, 0.25) is 5.91 Å². The molecule has 1 aliphatic rings. The molecular formula is C17H21N5O. The predicted octanol–water partition coefficient (Wildman–Crippen LogP) is 1.71. The Kier molecular flexibility index (Phi) is 4.80. The molecular weight excluding hydrogens is 290 g/mol. The van der Waals surface area contributed by atoms with E-state index in [-0.39, 0.29) is 11.8 Å². The maximum Gasteiger partial charge on any atom is 0.225 e. The molecule has 120 valence electrons. The van der Waals surface area contributed by atoms with Crippen LogP contribution in [0, 0.1) is 12.8 Å². The fourth-order valence-corrected chi connectivity index (χ4v) is 2.78. The molecule has 1 atom stereocenters. The van der Waals surface area contributed by atoms with Gasteiger partial charge in [-0.15, -0.1) is 5.10 Å². The van der Waals surface area contributed by atoms with Gasteiger partial charge in [-0.25, -0.2) is 0 Å². The molecule has 6 heteroatoms. The minimum absolute atomic E-state index is 0.0180. The van der Waals surface area contributed by atoms with Crippen molar-refractivity contribution >= 4 is 11.7 Å². The van der Waals surface area contributed by atoms with E-state index in [9.17, 15) is 4.79 Å². The number of aromatic nitrogens is 3. The average Bonchev–Trinajstić information content (AvgIpc) is 2.61. The van der Waals surface area contributed by atoms with E-state index in [2.05, 4.69) is 25.4 Å². The van der Waals surface area contributed by atoms with Gasteiger partial charge in [-0.3, -0.25) is 9.78 Å². The Hall–Kier alpha value is -2.50. The predicted molar refractivity (Wildman–Crippen MR) is 87.8 cm³/mol. The number of piperidine rings is 1. The molecule has 0 aliphatic carbocycles. The second-order valence-corrected chi connectivity index (χ2v) is 5.86. The molecule has 1 aliphatic heterocycles. The van der Waals surface area contributed by atoms with Gasteiger partial charge in [0.15, 0.2) is 5.82 Å². The van der Waals surface area contributed by atoms with Crippen molar-refractivity contribution in [2.75, 3.05) is 18.0 Å². The van der Waals surface area contributed by atoms with Crippen molar-refractivity contribution in [1.29, 1.82) is 0 Å². The molecule has 3 heterocycles. The van der Waals surface area contributed by atoms with Crippen molar-refractivity contribution in [2.45, 2.75) is 26.3 Å². The minimum Gasteiger partial charge on any atom is -0.354 e. The third-order valence-electron chi connectivity index (χ3n) is 4.07. The highest BCUT2D eigenvalue weighted by Gasteiger charge is 2.26. The quantitative estimate of drug-likeness (QED) is 0.931. The number of hydrogen-bond acceptors (Lipinski definition) is 5. The molecule has 2 aromatic heterocycles. The summed E-state index contributed by atoms with van der Waals surface area (Å²) < 4.78 is 0. The van der Waals surface area contributed by atoms with Crippen molar-refractivity contribution in [3.8, 4) is 0 Å². The van der Waals surface area contributed by atoms with Gasteiger partial charge in [0, 0.05) is 19.3 Å². The summed E-state index contributed by atoms with van der Waals surface area (Å²) >= 11 is 0. The Morgan fingerprint density at radius 3 is 2.96 bits per heavy atom. The summed E-state index contributed by atoms with van der Waals surface area (Å²) in [6.07, 6.45) is 3.63. The largest absolute Gasteiger partial charge is 0.354 e. The number of nitrogens with one attached hydrogen (secondary N) is 1. The third kappa shape index (κ3) is 4.03. The van der Waals surface area contributed by atoms with Crippen molar-refractivity contribution in [1.82, 2.24) is 20.5 Å². The fourth-order valence-electron chi connectivity index (χ4n) is 2.78. The van der Waals surface area contributed by atoms with Crippen LogP contribution in [-0.4, -0.2) is 34.2 Å². The fraction of sp³-hybridized carbons (Fsp3) is 0.412. The number of amides is 1. The summed E-state index contributed by atoms with van der Waals surface area (Å²) in [4.78, 5) is 18.8. The topological polar surface area (TPSA) is 71.0 Å². The van der Waals surface area contributed by atoms with E-state index < -0.39 is 0 Å². The SMILES string of the molecule is Cc1ccc(N2CCCC(C(=O)NCc3ccccn3)C2)nn1. The summed E-state index contributed by atoms with van der Waals surface area (Å²) in [7, 11) is 0. The van der Waals surface area contributed by atoms with Gasteiger partial charge in [0.1, 0.15) is 0 Å². The number of nitrogens with zero attached hydrogens (tertiary/aromatic N) is 4. The number of rotatable bonds is 4. The first kappa shape index (κ1) is 15.4. The van der Waals surface area contributed by atoms with Gasteiger partial charge in [-0.2, -0.15) is 5.10 Å². The molecule has 1 N–H and O–H groups in total. The number of pyridine rings is 1. The van der Waals surface area contributed by atoms with Crippen LogP contribution in [0.5, 0.6) is 0 Å². The van der Waals surface area contributed by atoms with Crippen LogP contribution in [0.2, 0.25) is 0 Å². The molecule has 0 aromatic carbocycles. The molecule has 0 radical (unpaired) electrons. The van der Waals surface area contributed by atoms with E-state index in [1.165, 1.54) is 0 Å². The Balaban J connectivity index is 1.57. The molecule has 0 saturated carbocycles. The molecule has 6 nitrogen and oxygen atoms in total. The Morgan fingerprint density at radius 2 is 2.22 bits per heavy atom. The lowest BCUT2D eigenvalue weighted by Crippen LogP contribution is -2.43. The van der Waals surface area contributed by atoms with Crippen molar-refractivity contribution in [2.24, 2.45) is 5.92 Å². The Morgan fingerprint density at radius 1 is 1.30 bits per heavy atom. The van der Waals surface area contributed by atoms with E-state index >= 15 is 0 Å². The zero-order valence-electron chi connectivity index (χ0n) is 13.3. The van der Waals surface area contributed by atoms with Gasteiger partial charge < -0.3 is 10.2 Å². The van der Waals surface area contributed by atoms with Crippen LogP contribution >= 0.6 is 0 Å². The Bertz CT molecular complexity index is 644. The van der Waals surface area contributed by atoms with Crippen LogP contribution in [0.4, 0.5) is 5.82 Å². The minimum atomic E-state index is -0.0180. The van der Waals surface area contributed by atoms with Crippen molar-refractivity contribution in [3.05, 3.63) is 47.9 Å². The molecule has 1 unspecified atom stereocenters. The van der Waals surface area contributed by atoms with Gasteiger partial charge in [0.25, 0.3) is 0 Å². The third-order valence-corrected chi connectivity index (χ3v) is 4.07. The molecule has 0 spiro atoms. The molecule has 2 aromatic rings. The number of hydrogen-bond donors (Lipinski definition) is 1. The number of carbonyl (C=O) groups is 1. The van der Waals surface area contributed by atoms with Gasteiger partial charge in [-0.05, 0) is 44.0 Å². The lowest BCUT2D eigenvalue weighted by molar-refractivity contribution is -0.125. The average molecular weight is 311 g/mol. The zero-order chi connectivity index (χ0) is 16.1. The molecule has 1 fully saturated rings. The van der Waals surface area contributed by atoms with Crippen LogP contribution in [0.25, 0.3) is 0 Å². The monoisotopic (exact) mass is 311 g/mol. The lowest BCUT2D eigenvalue weighted by atomic mass is 9.97. The Labute approximate surface area is 136 Å². The second-order valence-electron chi connectivity index (χ2n) is 5.86. The van der Waals surface area contributed by atoms with Crippen molar-refractivity contribution < 1.29 is 4.79 Å². The van der Waals surface area contributed by atoms with Crippen molar-refractivity contribution in [3.63, 3.8) is 0 Å². The van der Waals surface area contributed by atoms with E-state index in [4.69, 9.17) is 0 Å². The van der Waals surface area contributed by atoms with Crippen LogP contribution < -0.4 is 10.2 Å². The number of aryl methyl sites for hydroxylation is 1. The summed E-state index contributed by atoms with van der Waals surface area (Å²) in [6.45, 7) is 3.99. The van der Waals surface area contributed by atoms with E-state index in [0.29, 0.717) is 13.1 Å². The molecule has 3 rings (SSSR count). The first-order valence-corrected chi connectivity index (χ1v) is 7.95. The molecule has 23 heavy (non-hydrogen) atoms. The summed E-state index contributed by atoms with van der Waals surface area (Å²) in [5.41, 5.74) is 1.77. The maximum absolute atomic E-state index is 12.4. The summed E-state index contributed by atoms with van der Waals surface area (Å²) in [5.74, 6) is 0.911. The van der Waals surface area contributed by atoms with Crippen LogP contribution in [0.15, 0.2) is 36.5 Å². The van der Waals surface area contributed by atoms with Gasteiger partial charge in [0.05, 0.1) is 23.9 Å². The van der Waals surface area contributed by atoms with Crippen LogP contribution in [0.3, 0.4) is 0 Å². The first-order valence-electron chi connectivity index (χ1n) is 7.95. The summed E-state index contributed by atoms with van der Waals surface area (Å²) in [6, 6.07) is 9.62. The van der Waals surface area contributed by atoms with Gasteiger partial charge >= 0.3 is 0 Å². The normalized spacial score (nSPS) is 17.8. The highest BCUT2D eigenvalue weighted by Crippen LogP contribution is 2.21. The molecule has 0 bridgehead atoms. The first-order chi connectivity index (χ1) is 11.2. The zero-order valence-corrected chi connectivity index (χ0v) is 13.3. The maximum atomic E-state index is 12.4. The number of anilines is 1.